The van der Waals surface area contributed by atoms with Gasteiger partial charge in [-0.05, 0) is 41.5 Å². The predicted octanol–water partition coefficient (Wildman–Crippen LogP) is 1.09. The van der Waals surface area contributed by atoms with Gasteiger partial charge in [-0.25, -0.2) is 9.48 Å². The van der Waals surface area contributed by atoms with Gasteiger partial charge in [-0.15, -0.1) is 5.10 Å². The van der Waals surface area contributed by atoms with E-state index in [2.05, 4.69) is 15.3 Å². The van der Waals surface area contributed by atoms with Crippen molar-refractivity contribution in [2.75, 3.05) is 20.2 Å². The largest absolute Gasteiger partial charge is 0.506 e. The molecule has 0 saturated heterocycles. The Morgan fingerprint density at radius 3 is 2.21 bits per heavy atom. The molecule has 2 aromatic heterocycles. The predicted molar refractivity (Wildman–Crippen MR) is 142 cm³/mol. The molecule has 3 heterocycles. The highest BCUT2D eigenvalue weighted by Crippen LogP contribution is 2.46. The Morgan fingerprint density at radius 1 is 1.07 bits per heavy atom. The van der Waals surface area contributed by atoms with Crippen LogP contribution in [0.2, 0.25) is 0 Å². The molecule has 3 rings (SSSR count). The van der Waals surface area contributed by atoms with Gasteiger partial charge in [-0.1, -0.05) is 5.21 Å². The van der Waals surface area contributed by atoms with Crippen LogP contribution in [0.15, 0.2) is 40.1 Å². The van der Waals surface area contributed by atoms with Gasteiger partial charge < -0.3 is 24.1 Å². The number of ether oxygens (including phenoxy) is 4. The third-order valence-corrected chi connectivity index (χ3v) is 7.14. The molecule has 2 N–H and O–H groups in total. The molecule has 2 aromatic rings. The topological polar surface area (TPSA) is 212 Å². The normalized spacial score (nSPS) is 17.4. The fourth-order valence-electron chi connectivity index (χ4n) is 3.13. The number of hydrogen-bond acceptors (Lipinski definition) is 14. The number of aliphatic hydroxyl groups excluding tert-OH is 1. The van der Waals surface area contributed by atoms with E-state index in [1.807, 2.05) is 0 Å². The van der Waals surface area contributed by atoms with Crippen LogP contribution in [0.25, 0.3) is 0 Å². The lowest BCUT2D eigenvalue weighted by Gasteiger charge is -2.21. The number of aliphatic hydroxyl groups is 1. The van der Waals surface area contributed by atoms with E-state index in [9.17, 15) is 28.8 Å². The first-order valence-corrected chi connectivity index (χ1v) is 14.2. The number of H-pyrrole nitrogens is 1. The molecule has 0 spiro atoms. The number of aromatic amines is 1. The average Bonchev–Trinajstić information content (AvgIpc) is 3.50. The summed E-state index contributed by atoms with van der Waals surface area (Å²) in [7, 11) is -4.32. The van der Waals surface area contributed by atoms with Crippen molar-refractivity contribution in [3.05, 3.63) is 51.3 Å². The molecular weight excluding hydrogens is 581 g/mol. The summed E-state index contributed by atoms with van der Waals surface area (Å²) in [5.74, 6) is -1.53. The minimum atomic E-state index is -4.32. The van der Waals surface area contributed by atoms with Gasteiger partial charge in [0.1, 0.15) is 6.26 Å². The van der Waals surface area contributed by atoms with Crippen LogP contribution < -0.4 is 16.7 Å². The van der Waals surface area contributed by atoms with Gasteiger partial charge in [0.15, 0.2) is 17.3 Å². The molecule has 0 aliphatic carbocycles. The van der Waals surface area contributed by atoms with Crippen molar-refractivity contribution < 1.29 is 47.3 Å². The molecule has 2 atom stereocenters. The van der Waals surface area contributed by atoms with Gasteiger partial charge >= 0.3 is 25.2 Å². The van der Waals surface area contributed by atoms with Crippen LogP contribution in [-0.4, -0.2) is 67.9 Å². The second-order valence-corrected chi connectivity index (χ2v) is 13.0. The highest BCUT2D eigenvalue weighted by atomic mass is 31.2. The summed E-state index contributed by atoms with van der Waals surface area (Å²) in [5, 5.41) is 17.9. The van der Waals surface area contributed by atoms with Crippen molar-refractivity contribution in [2.24, 2.45) is 10.8 Å². The van der Waals surface area contributed by atoms with Crippen molar-refractivity contribution >= 4 is 25.0 Å². The number of carbonyl (C=O) groups is 2. The van der Waals surface area contributed by atoms with Gasteiger partial charge in [0.25, 0.3) is 5.56 Å². The summed E-state index contributed by atoms with van der Waals surface area (Å²) in [6, 6.07) is 1.12. The third kappa shape index (κ3) is 8.38. The first-order chi connectivity index (χ1) is 19.5. The lowest BCUT2D eigenvalue weighted by molar-refractivity contribution is -0.161. The standard InChI is InChI=1S/C24H34N5O12P/c1-23(2,3)20(32)38-13-40-42(35,41-14-39-21(33)24(4,5)6)17-11-28(27-26-17)9-10-36-18-15(30)12-37-19(18)29-8-7-16(31)25-22(29)34/h7-8,11-12,18-19,30H,9-10,13-14H2,1-6H3,(H,25,31,34)/t18?,19-/m1/s1. The minimum Gasteiger partial charge on any atom is -0.506 e. The Hall–Kier alpha value is -3.79. The van der Waals surface area contributed by atoms with Crippen molar-refractivity contribution in [1.29, 1.82) is 0 Å². The van der Waals surface area contributed by atoms with Gasteiger partial charge in [0, 0.05) is 12.3 Å². The summed E-state index contributed by atoms with van der Waals surface area (Å²) in [5.41, 5.74) is -3.33. The van der Waals surface area contributed by atoms with Crippen LogP contribution in [0, 0.1) is 10.8 Å². The van der Waals surface area contributed by atoms with E-state index in [1.54, 1.807) is 41.5 Å². The van der Waals surface area contributed by atoms with E-state index in [1.165, 1.54) is 17.1 Å². The highest BCUT2D eigenvalue weighted by Gasteiger charge is 2.36. The zero-order valence-electron chi connectivity index (χ0n) is 24.0. The summed E-state index contributed by atoms with van der Waals surface area (Å²) in [6.07, 6.45) is 1.27. The van der Waals surface area contributed by atoms with Crippen LogP contribution in [-0.2, 0) is 48.7 Å². The number of nitrogens with one attached hydrogen (secondary N) is 1. The lowest BCUT2D eigenvalue weighted by Crippen LogP contribution is -2.37. The van der Waals surface area contributed by atoms with Crippen LogP contribution >= 0.6 is 7.60 Å². The maximum absolute atomic E-state index is 13.6. The zero-order valence-corrected chi connectivity index (χ0v) is 24.9. The summed E-state index contributed by atoms with van der Waals surface area (Å²) in [6.45, 7) is 8.19. The summed E-state index contributed by atoms with van der Waals surface area (Å²) in [4.78, 5) is 49.8. The number of esters is 2. The van der Waals surface area contributed by atoms with Crippen LogP contribution in [0.4, 0.5) is 0 Å². The van der Waals surface area contributed by atoms with E-state index in [4.69, 9.17) is 28.0 Å². The van der Waals surface area contributed by atoms with Crippen molar-refractivity contribution in [3.63, 3.8) is 0 Å². The molecule has 18 heteroatoms. The Bertz CT molecular complexity index is 1430. The Balaban J connectivity index is 1.67. The van der Waals surface area contributed by atoms with E-state index >= 15 is 0 Å². The number of aromatic nitrogens is 5. The van der Waals surface area contributed by atoms with E-state index in [-0.39, 0.29) is 24.3 Å². The van der Waals surface area contributed by atoms with Gasteiger partial charge in [-0.2, -0.15) is 0 Å². The number of rotatable bonds is 12. The first-order valence-electron chi connectivity index (χ1n) is 12.6. The van der Waals surface area contributed by atoms with Crippen molar-refractivity contribution in [1.82, 2.24) is 24.5 Å². The second-order valence-electron chi connectivity index (χ2n) is 11.1. The fourth-order valence-corrected chi connectivity index (χ4v) is 4.27. The molecule has 0 fully saturated rings. The number of carbonyl (C=O) groups excluding carboxylic acids is 2. The lowest BCUT2D eigenvalue weighted by atomic mass is 9.98. The molecule has 0 bridgehead atoms. The fraction of sp³-hybridized carbons (Fsp3) is 0.583. The number of hydrogen-bond donors (Lipinski definition) is 2. The molecule has 1 aliphatic heterocycles. The van der Waals surface area contributed by atoms with Gasteiger partial charge in [-0.3, -0.25) is 37.5 Å². The molecule has 1 aliphatic rings. The van der Waals surface area contributed by atoms with Crippen LogP contribution in [0.1, 0.15) is 47.8 Å². The average molecular weight is 616 g/mol. The SMILES string of the molecule is CC(C)(C)C(=O)OCOP(=O)(OCOC(=O)C(C)(C)C)c1cn(CCOC2C(O)=CO[C@H]2n2ccc(=O)[nH]c2=O)nn1. The van der Waals surface area contributed by atoms with Crippen molar-refractivity contribution in [2.45, 2.75) is 60.4 Å². The first kappa shape index (κ1) is 32.7. The number of nitrogens with zero attached hydrogens (tertiary/aromatic N) is 4. The molecule has 232 valence electrons. The molecule has 0 radical (unpaired) electrons. The smallest absolute Gasteiger partial charge is 0.388 e. The van der Waals surface area contributed by atoms with E-state index < -0.39 is 67.5 Å². The Kier molecular flexibility index (Phi) is 10.1. The molecule has 1 unspecified atom stereocenters. The third-order valence-electron chi connectivity index (χ3n) is 5.48. The monoisotopic (exact) mass is 615 g/mol. The summed E-state index contributed by atoms with van der Waals surface area (Å²) < 4.78 is 47.5. The minimum absolute atomic E-state index is 0.0159. The highest BCUT2D eigenvalue weighted by molar-refractivity contribution is 7.61. The van der Waals surface area contributed by atoms with Gasteiger partial charge in [0.2, 0.25) is 19.8 Å². The molecule has 42 heavy (non-hydrogen) atoms. The van der Waals surface area contributed by atoms with Crippen LogP contribution in [0.5, 0.6) is 0 Å². The van der Waals surface area contributed by atoms with Gasteiger partial charge in [0.05, 0.1) is 30.2 Å². The quantitative estimate of drug-likeness (QED) is 0.194. The maximum atomic E-state index is 13.6. The Labute approximate surface area is 239 Å². The zero-order chi connectivity index (χ0) is 31.3. The molecule has 0 aromatic carbocycles. The Morgan fingerprint density at radius 2 is 1.67 bits per heavy atom. The molecule has 0 amide bonds. The molecule has 0 saturated carbocycles. The molecule has 17 nitrogen and oxygen atoms in total. The van der Waals surface area contributed by atoms with Crippen LogP contribution in [0.3, 0.4) is 0 Å². The maximum Gasteiger partial charge on any atom is 0.388 e. The molecular formula is C24H34N5O12P. The van der Waals surface area contributed by atoms with E-state index in [0.717, 1.165) is 16.9 Å². The van der Waals surface area contributed by atoms with E-state index in [0.29, 0.717) is 0 Å². The summed E-state index contributed by atoms with van der Waals surface area (Å²) >= 11 is 0. The second kappa shape index (κ2) is 13.0. The van der Waals surface area contributed by atoms with Crippen molar-refractivity contribution in [3.8, 4) is 0 Å².